The number of rotatable bonds is 7. The maximum atomic E-state index is 13.1. The van der Waals surface area contributed by atoms with E-state index < -0.39 is 10.0 Å². The zero-order valence-corrected chi connectivity index (χ0v) is 20.4. The Labute approximate surface area is 196 Å². The summed E-state index contributed by atoms with van der Waals surface area (Å²) in [6.07, 6.45) is 0. The van der Waals surface area contributed by atoms with Gasteiger partial charge in [-0.3, -0.25) is 4.90 Å². The van der Waals surface area contributed by atoms with Gasteiger partial charge in [-0.25, -0.2) is 13.4 Å². The van der Waals surface area contributed by atoms with Gasteiger partial charge in [0.25, 0.3) is 0 Å². The Morgan fingerprint density at radius 1 is 1.03 bits per heavy atom. The average molecular weight is 470 g/mol. The lowest BCUT2D eigenvalue weighted by Gasteiger charge is -2.33. The van der Waals surface area contributed by atoms with Gasteiger partial charge >= 0.3 is 0 Å². The van der Waals surface area contributed by atoms with E-state index in [0.29, 0.717) is 55.2 Å². The molecule has 0 spiro atoms. The minimum Gasteiger partial charge on any atom is -0.496 e. The molecule has 8 heteroatoms. The van der Waals surface area contributed by atoms with Crippen LogP contribution in [-0.4, -0.2) is 55.9 Å². The number of sulfonamides is 1. The maximum Gasteiger partial charge on any atom is 0.243 e. The van der Waals surface area contributed by atoms with Crippen LogP contribution < -0.4 is 4.74 Å². The molecule has 3 aromatic rings. The van der Waals surface area contributed by atoms with Gasteiger partial charge in [-0.15, -0.1) is 0 Å². The quantitative estimate of drug-likeness (QED) is 0.514. The number of benzene rings is 2. The number of piperazine rings is 1. The lowest BCUT2D eigenvalue weighted by Crippen LogP contribution is -2.48. The van der Waals surface area contributed by atoms with Crippen molar-refractivity contribution in [2.75, 3.05) is 33.3 Å². The van der Waals surface area contributed by atoms with E-state index in [1.807, 2.05) is 43.3 Å². The normalized spacial score (nSPS) is 15.8. The minimum atomic E-state index is -3.49. The number of para-hydroxylation sites is 1. The summed E-state index contributed by atoms with van der Waals surface area (Å²) in [7, 11) is -1.86. The second kappa shape index (κ2) is 9.67. The summed E-state index contributed by atoms with van der Waals surface area (Å²) in [5.74, 6) is 2.38. The van der Waals surface area contributed by atoms with Gasteiger partial charge in [0.05, 0.1) is 23.3 Å². The second-order valence-corrected chi connectivity index (χ2v) is 10.6. The summed E-state index contributed by atoms with van der Waals surface area (Å²) in [6, 6.07) is 14.9. The summed E-state index contributed by atoms with van der Waals surface area (Å²) in [5.41, 5.74) is 2.81. The molecule has 0 aliphatic carbocycles. The highest BCUT2D eigenvalue weighted by molar-refractivity contribution is 7.89. The van der Waals surface area contributed by atoms with Crippen molar-refractivity contribution in [1.82, 2.24) is 14.2 Å². The van der Waals surface area contributed by atoms with Crippen LogP contribution in [0, 0.1) is 6.92 Å². The molecule has 0 bridgehead atoms. The molecule has 1 aliphatic rings. The average Bonchev–Trinajstić information content (AvgIpc) is 3.19. The zero-order chi connectivity index (χ0) is 23.6. The monoisotopic (exact) mass is 469 g/mol. The lowest BCUT2D eigenvalue weighted by molar-refractivity contribution is 0.179. The maximum absolute atomic E-state index is 13.1. The SMILES string of the molecule is COc1ccccc1-c1nc(CN2CCN(S(=O)(=O)c3ccc(C(C)C)cc3)CC2)c(C)o1. The standard InChI is InChI=1S/C25H31N3O4S/c1-18(2)20-9-11-21(12-10-20)33(29,30)28-15-13-27(14-16-28)17-23-19(3)32-25(26-23)22-7-5-6-8-24(22)31-4/h5-12,18H,13-17H2,1-4H3. The van der Waals surface area contributed by atoms with Gasteiger partial charge in [0, 0.05) is 32.7 Å². The molecule has 0 N–H and O–H groups in total. The van der Waals surface area contributed by atoms with Crippen LogP contribution in [0.15, 0.2) is 57.8 Å². The van der Waals surface area contributed by atoms with Crippen LogP contribution in [0.4, 0.5) is 0 Å². The summed E-state index contributed by atoms with van der Waals surface area (Å²) in [6.45, 7) is 8.88. The van der Waals surface area contributed by atoms with Gasteiger partial charge in [-0.05, 0) is 42.7 Å². The Bertz CT molecular complexity index is 1190. The molecular formula is C25H31N3O4S. The fourth-order valence-corrected chi connectivity index (χ4v) is 5.45. The molecule has 0 radical (unpaired) electrons. The van der Waals surface area contributed by atoms with Crippen LogP contribution in [0.1, 0.15) is 36.8 Å². The van der Waals surface area contributed by atoms with Crippen molar-refractivity contribution < 1.29 is 17.6 Å². The van der Waals surface area contributed by atoms with Crippen molar-refractivity contribution in [1.29, 1.82) is 0 Å². The third-order valence-corrected chi connectivity index (χ3v) is 8.03. The molecule has 1 saturated heterocycles. The Hall–Kier alpha value is -2.68. The molecule has 1 aliphatic heterocycles. The highest BCUT2D eigenvalue weighted by Gasteiger charge is 2.29. The minimum absolute atomic E-state index is 0.356. The zero-order valence-electron chi connectivity index (χ0n) is 19.6. The molecule has 0 unspecified atom stereocenters. The molecule has 0 saturated carbocycles. The van der Waals surface area contributed by atoms with Gasteiger partial charge < -0.3 is 9.15 Å². The molecule has 2 heterocycles. The van der Waals surface area contributed by atoms with Gasteiger partial charge in [0.15, 0.2) is 0 Å². The molecule has 1 fully saturated rings. The van der Waals surface area contributed by atoms with Crippen LogP contribution in [-0.2, 0) is 16.6 Å². The van der Waals surface area contributed by atoms with Crippen LogP contribution in [0.2, 0.25) is 0 Å². The number of nitrogens with zero attached hydrogens (tertiary/aromatic N) is 3. The van der Waals surface area contributed by atoms with E-state index in [4.69, 9.17) is 14.1 Å². The Morgan fingerprint density at radius 2 is 1.70 bits per heavy atom. The molecule has 176 valence electrons. The molecule has 1 aromatic heterocycles. The predicted molar refractivity (Wildman–Crippen MR) is 128 cm³/mol. The Kier molecular flexibility index (Phi) is 6.88. The number of aryl methyl sites for hydroxylation is 1. The first kappa shape index (κ1) is 23.5. The number of hydrogen-bond donors (Lipinski definition) is 0. The fraction of sp³-hybridized carbons (Fsp3) is 0.400. The first-order chi connectivity index (χ1) is 15.8. The van der Waals surface area contributed by atoms with Crippen LogP contribution in [0.25, 0.3) is 11.5 Å². The molecular weight excluding hydrogens is 438 g/mol. The molecule has 2 aromatic carbocycles. The van der Waals surface area contributed by atoms with E-state index in [1.165, 1.54) is 0 Å². The van der Waals surface area contributed by atoms with Gasteiger partial charge in [-0.1, -0.05) is 38.1 Å². The Morgan fingerprint density at radius 3 is 2.33 bits per heavy atom. The number of methoxy groups -OCH3 is 1. The van der Waals surface area contributed by atoms with Crippen LogP contribution in [0.5, 0.6) is 5.75 Å². The molecule has 0 atom stereocenters. The third-order valence-electron chi connectivity index (χ3n) is 6.12. The van der Waals surface area contributed by atoms with Crippen LogP contribution >= 0.6 is 0 Å². The van der Waals surface area contributed by atoms with Gasteiger partial charge in [-0.2, -0.15) is 4.31 Å². The smallest absolute Gasteiger partial charge is 0.243 e. The van der Waals surface area contributed by atoms with Crippen molar-refractivity contribution in [3.63, 3.8) is 0 Å². The topological polar surface area (TPSA) is 75.9 Å². The molecule has 4 rings (SSSR count). The van der Waals surface area contributed by atoms with Crippen LogP contribution in [0.3, 0.4) is 0 Å². The largest absolute Gasteiger partial charge is 0.496 e. The second-order valence-electron chi connectivity index (χ2n) is 8.63. The summed E-state index contributed by atoms with van der Waals surface area (Å²) >= 11 is 0. The lowest BCUT2D eigenvalue weighted by atomic mass is 10.0. The predicted octanol–water partition coefficient (Wildman–Crippen LogP) is 4.29. The van der Waals surface area contributed by atoms with Gasteiger partial charge in [0.2, 0.25) is 15.9 Å². The first-order valence-corrected chi connectivity index (χ1v) is 12.7. The van der Waals surface area contributed by atoms with E-state index >= 15 is 0 Å². The molecule has 33 heavy (non-hydrogen) atoms. The highest BCUT2D eigenvalue weighted by Crippen LogP contribution is 2.30. The summed E-state index contributed by atoms with van der Waals surface area (Å²) in [4.78, 5) is 7.27. The van der Waals surface area contributed by atoms with E-state index in [2.05, 4.69) is 18.7 Å². The molecule has 0 amide bonds. The van der Waals surface area contributed by atoms with Crippen molar-refractivity contribution in [3.8, 4) is 17.2 Å². The number of ether oxygens (including phenoxy) is 1. The Balaban J connectivity index is 1.41. The van der Waals surface area contributed by atoms with E-state index in [1.54, 1.807) is 23.5 Å². The number of oxazole rings is 1. The number of hydrogen-bond acceptors (Lipinski definition) is 6. The summed E-state index contributed by atoms with van der Waals surface area (Å²) in [5, 5.41) is 0. The van der Waals surface area contributed by atoms with E-state index in [0.717, 1.165) is 22.6 Å². The highest BCUT2D eigenvalue weighted by atomic mass is 32.2. The van der Waals surface area contributed by atoms with Gasteiger partial charge in [0.1, 0.15) is 11.5 Å². The van der Waals surface area contributed by atoms with Crippen molar-refractivity contribution in [3.05, 3.63) is 65.5 Å². The van der Waals surface area contributed by atoms with E-state index in [9.17, 15) is 8.42 Å². The van der Waals surface area contributed by atoms with E-state index in [-0.39, 0.29) is 0 Å². The fourth-order valence-electron chi connectivity index (χ4n) is 4.02. The van der Waals surface area contributed by atoms with Crippen molar-refractivity contribution >= 4 is 10.0 Å². The summed E-state index contributed by atoms with van der Waals surface area (Å²) < 4.78 is 39.1. The number of aromatic nitrogens is 1. The van der Waals surface area contributed by atoms with Crippen molar-refractivity contribution in [2.45, 2.75) is 38.1 Å². The third kappa shape index (κ3) is 4.98. The first-order valence-electron chi connectivity index (χ1n) is 11.2. The molecule has 7 nitrogen and oxygen atoms in total. The van der Waals surface area contributed by atoms with Crippen molar-refractivity contribution in [2.24, 2.45) is 0 Å².